The molecule has 0 saturated carbocycles. The van der Waals surface area contributed by atoms with Gasteiger partial charge in [0, 0.05) is 26.3 Å². The molecule has 1 aromatic heterocycles. The number of imidazole rings is 1. The van der Waals surface area contributed by atoms with E-state index in [1.807, 2.05) is 48.1 Å². The number of benzene rings is 1. The largest absolute Gasteiger partial charge is 0.492 e. The SMILES string of the molecule is Cn1cncc1CNCCOc1ccccc1. The number of rotatable bonds is 6. The summed E-state index contributed by atoms with van der Waals surface area (Å²) in [5, 5.41) is 3.31. The van der Waals surface area contributed by atoms with Crippen LogP contribution in [0.2, 0.25) is 0 Å². The van der Waals surface area contributed by atoms with E-state index in [2.05, 4.69) is 10.3 Å². The van der Waals surface area contributed by atoms with Crippen molar-refractivity contribution in [2.75, 3.05) is 13.2 Å². The first-order valence-electron chi connectivity index (χ1n) is 5.70. The van der Waals surface area contributed by atoms with Gasteiger partial charge in [0.15, 0.2) is 0 Å². The molecular weight excluding hydrogens is 214 g/mol. The number of hydrogen-bond acceptors (Lipinski definition) is 3. The molecule has 0 saturated heterocycles. The molecule has 0 aliphatic heterocycles. The molecule has 0 fully saturated rings. The Morgan fingerprint density at radius 1 is 1.29 bits per heavy atom. The summed E-state index contributed by atoms with van der Waals surface area (Å²) in [5.74, 6) is 0.912. The molecule has 0 bridgehead atoms. The van der Waals surface area contributed by atoms with Crippen LogP contribution in [0.4, 0.5) is 0 Å². The molecular formula is C13H17N3O. The lowest BCUT2D eigenvalue weighted by Gasteiger charge is -2.07. The minimum Gasteiger partial charge on any atom is -0.492 e. The van der Waals surface area contributed by atoms with Crippen molar-refractivity contribution in [1.29, 1.82) is 0 Å². The van der Waals surface area contributed by atoms with Crippen molar-refractivity contribution in [3.63, 3.8) is 0 Å². The van der Waals surface area contributed by atoms with E-state index in [1.54, 1.807) is 6.33 Å². The molecule has 0 aliphatic carbocycles. The van der Waals surface area contributed by atoms with E-state index >= 15 is 0 Å². The Labute approximate surface area is 101 Å². The first kappa shape index (κ1) is 11.7. The lowest BCUT2D eigenvalue weighted by Crippen LogP contribution is -2.21. The Morgan fingerprint density at radius 2 is 2.12 bits per heavy atom. The molecule has 4 nitrogen and oxygen atoms in total. The fourth-order valence-electron chi connectivity index (χ4n) is 1.53. The smallest absolute Gasteiger partial charge is 0.119 e. The highest BCUT2D eigenvalue weighted by atomic mass is 16.5. The third-order valence-electron chi connectivity index (χ3n) is 2.51. The summed E-state index contributed by atoms with van der Waals surface area (Å²) < 4.78 is 7.58. The van der Waals surface area contributed by atoms with Crippen LogP contribution in [0.5, 0.6) is 5.75 Å². The zero-order chi connectivity index (χ0) is 11.9. The van der Waals surface area contributed by atoms with Crippen molar-refractivity contribution >= 4 is 0 Å². The van der Waals surface area contributed by atoms with E-state index in [0.717, 1.165) is 18.8 Å². The molecule has 90 valence electrons. The Hall–Kier alpha value is -1.81. The molecule has 0 amide bonds. The van der Waals surface area contributed by atoms with Gasteiger partial charge in [-0.15, -0.1) is 0 Å². The van der Waals surface area contributed by atoms with Crippen LogP contribution in [0.15, 0.2) is 42.9 Å². The first-order chi connectivity index (χ1) is 8.36. The number of nitrogens with one attached hydrogen (secondary N) is 1. The van der Waals surface area contributed by atoms with E-state index in [0.29, 0.717) is 6.61 Å². The predicted octanol–water partition coefficient (Wildman–Crippen LogP) is 1.59. The third kappa shape index (κ3) is 3.60. The highest BCUT2D eigenvalue weighted by Gasteiger charge is 1.97. The van der Waals surface area contributed by atoms with Crippen molar-refractivity contribution < 1.29 is 4.74 Å². The summed E-state index contributed by atoms with van der Waals surface area (Å²) >= 11 is 0. The average molecular weight is 231 g/mol. The van der Waals surface area contributed by atoms with Gasteiger partial charge < -0.3 is 14.6 Å². The maximum absolute atomic E-state index is 5.57. The lowest BCUT2D eigenvalue weighted by molar-refractivity contribution is 0.313. The van der Waals surface area contributed by atoms with E-state index in [9.17, 15) is 0 Å². The van der Waals surface area contributed by atoms with Gasteiger partial charge in [0.1, 0.15) is 12.4 Å². The van der Waals surface area contributed by atoms with Crippen molar-refractivity contribution in [3.8, 4) is 5.75 Å². The summed E-state index contributed by atoms with van der Waals surface area (Å²) in [6.07, 6.45) is 3.67. The molecule has 2 rings (SSSR count). The monoisotopic (exact) mass is 231 g/mol. The number of para-hydroxylation sites is 1. The Morgan fingerprint density at radius 3 is 2.82 bits per heavy atom. The molecule has 17 heavy (non-hydrogen) atoms. The van der Waals surface area contributed by atoms with Gasteiger partial charge in [-0.2, -0.15) is 0 Å². The van der Waals surface area contributed by atoms with E-state index in [-0.39, 0.29) is 0 Å². The maximum Gasteiger partial charge on any atom is 0.119 e. The van der Waals surface area contributed by atoms with Gasteiger partial charge >= 0.3 is 0 Å². The quantitative estimate of drug-likeness (QED) is 0.767. The van der Waals surface area contributed by atoms with Crippen LogP contribution in [-0.4, -0.2) is 22.7 Å². The van der Waals surface area contributed by atoms with Gasteiger partial charge in [0.25, 0.3) is 0 Å². The second-order valence-electron chi connectivity index (χ2n) is 3.83. The Bertz CT molecular complexity index is 439. The van der Waals surface area contributed by atoms with Crippen molar-refractivity contribution in [3.05, 3.63) is 48.5 Å². The van der Waals surface area contributed by atoms with Gasteiger partial charge in [-0.1, -0.05) is 18.2 Å². The summed E-state index contributed by atoms with van der Waals surface area (Å²) in [4.78, 5) is 4.06. The van der Waals surface area contributed by atoms with Gasteiger partial charge in [-0.25, -0.2) is 4.98 Å². The second-order valence-corrected chi connectivity index (χ2v) is 3.83. The fourth-order valence-corrected chi connectivity index (χ4v) is 1.53. The minimum atomic E-state index is 0.669. The summed E-state index contributed by atoms with van der Waals surface area (Å²) in [6, 6.07) is 9.84. The van der Waals surface area contributed by atoms with Crippen LogP contribution < -0.4 is 10.1 Å². The zero-order valence-corrected chi connectivity index (χ0v) is 9.97. The number of aryl methyl sites for hydroxylation is 1. The Balaban J connectivity index is 1.63. The molecule has 1 aromatic carbocycles. The highest BCUT2D eigenvalue weighted by molar-refractivity contribution is 5.20. The first-order valence-corrected chi connectivity index (χ1v) is 5.70. The van der Waals surface area contributed by atoms with Gasteiger partial charge in [0.05, 0.1) is 12.0 Å². The van der Waals surface area contributed by atoms with E-state index in [4.69, 9.17) is 4.74 Å². The van der Waals surface area contributed by atoms with Crippen molar-refractivity contribution in [2.24, 2.45) is 7.05 Å². The molecule has 0 spiro atoms. The molecule has 1 N–H and O–H groups in total. The number of aromatic nitrogens is 2. The van der Waals surface area contributed by atoms with Crippen LogP contribution in [0.1, 0.15) is 5.69 Å². The normalized spacial score (nSPS) is 10.4. The third-order valence-corrected chi connectivity index (χ3v) is 2.51. The second kappa shape index (κ2) is 6.06. The van der Waals surface area contributed by atoms with Crippen LogP contribution in [0.25, 0.3) is 0 Å². The molecule has 0 aliphatic rings. The molecule has 4 heteroatoms. The summed E-state index contributed by atoms with van der Waals surface area (Å²) in [5.41, 5.74) is 1.17. The molecule has 2 aromatic rings. The van der Waals surface area contributed by atoms with Gasteiger partial charge in [0.2, 0.25) is 0 Å². The predicted molar refractivity (Wildman–Crippen MR) is 66.9 cm³/mol. The molecule has 0 radical (unpaired) electrons. The van der Waals surface area contributed by atoms with Crippen LogP contribution in [-0.2, 0) is 13.6 Å². The maximum atomic E-state index is 5.57. The van der Waals surface area contributed by atoms with Gasteiger partial charge in [-0.3, -0.25) is 0 Å². The molecule has 1 heterocycles. The fraction of sp³-hybridized carbons (Fsp3) is 0.308. The van der Waals surface area contributed by atoms with Crippen LogP contribution >= 0.6 is 0 Å². The standard InChI is InChI=1S/C13H17N3O/c1-16-11-15-10-12(16)9-14-7-8-17-13-5-3-2-4-6-13/h2-6,10-11,14H,7-9H2,1H3. The van der Waals surface area contributed by atoms with Crippen molar-refractivity contribution in [1.82, 2.24) is 14.9 Å². The minimum absolute atomic E-state index is 0.669. The summed E-state index contributed by atoms with van der Waals surface area (Å²) in [6.45, 7) is 2.30. The van der Waals surface area contributed by atoms with Crippen LogP contribution in [0, 0.1) is 0 Å². The number of nitrogens with zero attached hydrogens (tertiary/aromatic N) is 2. The van der Waals surface area contributed by atoms with Crippen molar-refractivity contribution in [2.45, 2.75) is 6.54 Å². The molecule has 0 unspecified atom stereocenters. The average Bonchev–Trinajstić information content (AvgIpc) is 2.76. The van der Waals surface area contributed by atoms with Crippen LogP contribution in [0.3, 0.4) is 0 Å². The van der Waals surface area contributed by atoms with E-state index in [1.165, 1.54) is 5.69 Å². The summed E-state index contributed by atoms with van der Waals surface area (Å²) in [7, 11) is 1.99. The highest BCUT2D eigenvalue weighted by Crippen LogP contribution is 2.07. The Kier molecular flexibility index (Phi) is 4.16. The zero-order valence-electron chi connectivity index (χ0n) is 9.97. The number of ether oxygens (including phenoxy) is 1. The molecule has 0 atom stereocenters. The van der Waals surface area contributed by atoms with Gasteiger partial charge in [-0.05, 0) is 12.1 Å². The topological polar surface area (TPSA) is 39.1 Å². The van der Waals surface area contributed by atoms with E-state index < -0.39 is 0 Å². The lowest BCUT2D eigenvalue weighted by atomic mass is 10.3. The number of hydrogen-bond donors (Lipinski definition) is 1.